The van der Waals surface area contributed by atoms with Gasteiger partial charge in [0.05, 0.1) is 0 Å². The van der Waals surface area contributed by atoms with Crippen molar-refractivity contribution >= 4 is 16.9 Å². The predicted octanol–water partition coefficient (Wildman–Crippen LogP) is 2.90. The third-order valence-corrected chi connectivity index (χ3v) is 1.83. The summed E-state index contributed by atoms with van der Waals surface area (Å²) in [4.78, 5) is 10.5. The molecule has 0 saturated carbocycles. The van der Waals surface area contributed by atoms with Crippen LogP contribution < -0.4 is 4.74 Å². The number of para-hydroxylation sites is 1. The predicted molar refractivity (Wildman–Crippen MR) is 47.9 cm³/mol. The smallest absolute Gasteiger partial charge is 0.425 e. The molecule has 0 aliphatic rings. The van der Waals surface area contributed by atoms with Crippen molar-refractivity contribution in [3.8, 4) is 5.95 Å². The second-order valence-corrected chi connectivity index (χ2v) is 2.99. The first-order chi connectivity index (χ1) is 7.47. The molecule has 0 bridgehead atoms. The number of esters is 1. The van der Waals surface area contributed by atoms with Gasteiger partial charge in [0.1, 0.15) is 5.58 Å². The molecule has 0 fully saturated rings. The van der Waals surface area contributed by atoms with E-state index in [2.05, 4.69) is 4.74 Å². The van der Waals surface area contributed by atoms with Crippen LogP contribution in [0.5, 0.6) is 5.95 Å². The molecule has 0 unspecified atom stereocenters. The summed E-state index contributed by atoms with van der Waals surface area (Å²) in [5.74, 6) is -2.77. The molecule has 1 aromatic heterocycles. The minimum absolute atomic E-state index is 0.354. The molecule has 0 saturated heterocycles. The van der Waals surface area contributed by atoms with Crippen molar-refractivity contribution in [1.82, 2.24) is 0 Å². The van der Waals surface area contributed by atoms with Gasteiger partial charge < -0.3 is 9.15 Å². The maximum absolute atomic E-state index is 11.9. The summed E-state index contributed by atoms with van der Waals surface area (Å²) < 4.78 is 44.5. The average molecular weight is 230 g/mol. The Hall–Kier alpha value is -1.98. The van der Waals surface area contributed by atoms with Gasteiger partial charge in [0.15, 0.2) is 0 Å². The molecule has 0 radical (unpaired) electrons. The maximum Gasteiger partial charge on any atom is 0.491 e. The minimum Gasteiger partial charge on any atom is -0.425 e. The van der Waals surface area contributed by atoms with E-state index in [0.29, 0.717) is 11.0 Å². The number of fused-ring (bicyclic) bond motifs is 1. The Kier molecular flexibility index (Phi) is 2.34. The van der Waals surface area contributed by atoms with E-state index >= 15 is 0 Å². The van der Waals surface area contributed by atoms with Crippen LogP contribution in [0.15, 0.2) is 34.7 Å². The van der Waals surface area contributed by atoms with Gasteiger partial charge in [-0.25, -0.2) is 4.79 Å². The molecule has 16 heavy (non-hydrogen) atoms. The van der Waals surface area contributed by atoms with E-state index in [4.69, 9.17) is 4.42 Å². The van der Waals surface area contributed by atoms with Crippen LogP contribution in [0.2, 0.25) is 0 Å². The van der Waals surface area contributed by atoms with Crippen molar-refractivity contribution in [3.05, 3.63) is 30.3 Å². The first-order valence-corrected chi connectivity index (χ1v) is 4.24. The number of carbonyl (C=O) groups is 1. The molecule has 84 valence electrons. The number of ether oxygens (including phenoxy) is 1. The van der Waals surface area contributed by atoms with Crippen LogP contribution in [0.3, 0.4) is 0 Å². The molecule has 0 amide bonds. The van der Waals surface area contributed by atoms with Crippen LogP contribution in [0.4, 0.5) is 13.2 Å². The first-order valence-electron chi connectivity index (χ1n) is 4.24. The SMILES string of the molecule is O=C(Oc1cc2ccccc2o1)C(F)(F)F. The number of benzene rings is 1. The highest BCUT2D eigenvalue weighted by Gasteiger charge is 2.42. The van der Waals surface area contributed by atoms with Crippen molar-refractivity contribution in [1.29, 1.82) is 0 Å². The first kappa shape index (κ1) is 10.5. The lowest BCUT2D eigenvalue weighted by molar-refractivity contribution is -0.190. The van der Waals surface area contributed by atoms with Gasteiger partial charge in [-0.05, 0) is 6.07 Å². The van der Waals surface area contributed by atoms with Gasteiger partial charge >= 0.3 is 12.1 Å². The monoisotopic (exact) mass is 230 g/mol. The van der Waals surface area contributed by atoms with Gasteiger partial charge in [-0.2, -0.15) is 13.2 Å². The van der Waals surface area contributed by atoms with Crippen molar-refractivity contribution in [2.45, 2.75) is 6.18 Å². The van der Waals surface area contributed by atoms with Gasteiger partial charge in [-0.3, -0.25) is 0 Å². The summed E-state index contributed by atoms with van der Waals surface area (Å²) in [6.45, 7) is 0. The van der Waals surface area contributed by atoms with E-state index in [0.717, 1.165) is 0 Å². The summed E-state index contributed by atoms with van der Waals surface area (Å²) in [5, 5.41) is 0.562. The van der Waals surface area contributed by atoms with Crippen molar-refractivity contribution in [2.75, 3.05) is 0 Å². The van der Waals surface area contributed by atoms with E-state index in [9.17, 15) is 18.0 Å². The largest absolute Gasteiger partial charge is 0.491 e. The third-order valence-electron chi connectivity index (χ3n) is 1.83. The molecule has 3 nitrogen and oxygen atoms in total. The summed E-state index contributed by atoms with van der Waals surface area (Å²) in [5.41, 5.74) is 0.354. The lowest BCUT2D eigenvalue weighted by Gasteiger charge is -2.02. The van der Waals surface area contributed by atoms with Gasteiger partial charge in [0.25, 0.3) is 5.95 Å². The zero-order valence-corrected chi connectivity index (χ0v) is 7.75. The fraction of sp³-hybridized carbons (Fsp3) is 0.100. The molecule has 0 aliphatic carbocycles. The number of rotatable bonds is 1. The Morgan fingerprint density at radius 1 is 1.25 bits per heavy atom. The van der Waals surface area contributed by atoms with Crippen molar-refractivity contribution < 1.29 is 27.1 Å². The van der Waals surface area contributed by atoms with Crippen molar-refractivity contribution in [2.24, 2.45) is 0 Å². The number of carbonyl (C=O) groups excluding carboxylic acids is 1. The summed E-state index contributed by atoms with van der Waals surface area (Å²) in [7, 11) is 0. The molecule has 1 aromatic carbocycles. The van der Waals surface area contributed by atoms with Gasteiger partial charge in [0.2, 0.25) is 0 Å². The van der Waals surface area contributed by atoms with E-state index in [1.54, 1.807) is 24.3 Å². The maximum atomic E-state index is 11.9. The molecule has 0 atom stereocenters. The van der Waals surface area contributed by atoms with Gasteiger partial charge in [0, 0.05) is 11.5 Å². The van der Waals surface area contributed by atoms with E-state index in [1.807, 2.05) is 0 Å². The van der Waals surface area contributed by atoms with E-state index in [1.165, 1.54) is 6.07 Å². The molecule has 0 aliphatic heterocycles. The van der Waals surface area contributed by atoms with Crippen LogP contribution in [0.1, 0.15) is 0 Å². The van der Waals surface area contributed by atoms with Crippen LogP contribution in [0.25, 0.3) is 11.0 Å². The second kappa shape index (κ2) is 3.55. The second-order valence-electron chi connectivity index (χ2n) is 2.99. The standard InChI is InChI=1S/C10H5F3O3/c11-10(12,13)9(14)16-8-5-6-3-1-2-4-7(6)15-8/h1-5H. The molecule has 1 heterocycles. The van der Waals surface area contributed by atoms with E-state index in [-0.39, 0.29) is 0 Å². The zero-order valence-electron chi connectivity index (χ0n) is 7.75. The molecular weight excluding hydrogens is 225 g/mol. The minimum atomic E-state index is -5.03. The Morgan fingerprint density at radius 2 is 1.94 bits per heavy atom. The topological polar surface area (TPSA) is 39.4 Å². The highest BCUT2D eigenvalue weighted by molar-refractivity contribution is 5.81. The van der Waals surface area contributed by atoms with Gasteiger partial charge in [-0.15, -0.1) is 0 Å². The quantitative estimate of drug-likeness (QED) is 0.707. The number of hydrogen-bond donors (Lipinski definition) is 0. The normalized spacial score (nSPS) is 11.7. The van der Waals surface area contributed by atoms with E-state index < -0.39 is 18.1 Å². The molecule has 2 rings (SSSR count). The fourth-order valence-corrected chi connectivity index (χ4v) is 1.16. The van der Waals surface area contributed by atoms with Crippen LogP contribution in [-0.2, 0) is 4.79 Å². The molecule has 0 spiro atoms. The van der Waals surface area contributed by atoms with Crippen molar-refractivity contribution in [3.63, 3.8) is 0 Å². The lowest BCUT2D eigenvalue weighted by Crippen LogP contribution is -2.27. The molecular formula is C10H5F3O3. The van der Waals surface area contributed by atoms with Crippen LogP contribution >= 0.6 is 0 Å². The molecule has 0 N–H and O–H groups in total. The van der Waals surface area contributed by atoms with Crippen LogP contribution in [0, 0.1) is 0 Å². The number of halogens is 3. The Morgan fingerprint density at radius 3 is 2.56 bits per heavy atom. The lowest BCUT2D eigenvalue weighted by atomic mass is 10.3. The zero-order chi connectivity index (χ0) is 11.8. The average Bonchev–Trinajstić information content (AvgIpc) is 2.58. The summed E-state index contributed by atoms with van der Waals surface area (Å²) >= 11 is 0. The fourth-order valence-electron chi connectivity index (χ4n) is 1.16. The number of alkyl halides is 3. The van der Waals surface area contributed by atoms with Gasteiger partial charge in [-0.1, -0.05) is 18.2 Å². The third kappa shape index (κ3) is 2.00. The number of hydrogen-bond acceptors (Lipinski definition) is 3. The summed E-state index contributed by atoms with van der Waals surface area (Å²) in [6, 6.07) is 7.75. The highest BCUT2D eigenvalue weighted by Crippen LogP contribution is 2.26. The molecule has 6 heteroatoms. The summed E-state index contributed by atoms with van der Waals surface area (Å²) in [6.07, 6.45) is -5.03. The Labute approximate surface area is 87.4 Å². The Balaban J connectivity index is 2.25. The Bertz CT molecular complexity index is 494. The number of furan rings is 1. The highest BCUT2D eigenvalue weighted by atomic mass is 19.4. The molecule has 2 aromatic rings. The van der Waals surface area contributed by atoms with Crippen LogP contribution in [-0.4, -0.2) is 12.1 Å².